The van der Waals surface area contributed by atoms with Crippen LogP contribution in [0.3, 0.4) is 0 Å². The van der Waals surface area contributed by atoms with Crippen molar-refractivity contribution in [2.45, 2.75) is 6.54 Å². The maximum atomic E-state index is 13.9. The molecule has 0 bridgehead atoms. The van der Waals surface area contributed by atoms with Gasteiger partial charge in [0.25, 0.3) is 0 Å². The maximum absolute atomic E-state index is 13.9. The molecular formula is C14H20FN3O2. The van der Waals surface area contributed by atoms with E-state index in [0.29, 0.717) is 18.7 Å². The number of benzene rings is 1. The molecule has 0 atom stereocenters. The molecule has 6 heteroatoms. The van der Waals surface area contributed by atoms with Gasteiger partial charge in [-0.25, -0.2) is 4.39 Å². The second-order valence-corrected chi connectivity index (χ2v) is 5.01. The molecule has 0 spiro atoms. The number of β-amino-alcohol motifs (C(OH)–C–C–N with tert-alkyl or cyclic N) is 1. The average molecular weight is 281 g/mol. The molecule has 0 aliphatic carbocycles. The highest BCUT2D eigenvalue weighted by Gasteiger charge is 2.17. The second-order valence-electron chi connectivity index (χ2n) is 5.01. The highest BCUT2D eigenvalue weighted by atomic mass is 19.1. The van der Waals surface area contributed by atoms with Gasteiger partial charge in [0, 0.05) is 50.4 Å². The topological polar surface area (TPSA) is 69.8 Å². The summed E-state index contributed by atoms with van der Waals surface area (Å²) < 4.78 is 13.9. The molecule has 1 aliphatic heterocycles. The normalized spacial score (nSPS) is 17.3. The highest BCUT2D eigenvalue weighted by molar-refractivity contribution is 5.92. The fourth-order valence-electron chi connectivity index (χ4n) is 2.38. The van der Waals surface area contributed by atoms with Gasteiger partial charge in [-0.2, -0.15) is 0 Å². The van der Waals surface area contributed by atoms with Gasteiger partial charge in [-0.1, -0.05) is 6.07 Å². The Morgan fingerprint density at radius 3 is 2.45 bits per heavy atom. The fraction of sp³-hybridized carbons (Fsp3) is 0.500. The molecule has 3 N–H and O–H groups in total. The molecule has 2 rings (SSSR count). The van der Waals surface area contributed by atoms with Crippen molar-refractivity contribution in [3.8, 4) is 0 Å². The van der Waals surface area contributed by atoms with Gasteiger partial charge in [-0.15, -0.1) is 0 Å². The number of primary amides is 1. The Morgan fingerprint density at radius 2 is 1.90 bits per heavy atom. The van der Waals surface area contributed by atoms with E-state index < -0.39 is 5.91 Å². The Balaban J connectivity index is 1.93. The van der Waals surface area contributed by atoms with Crippen molar-refractivity contribution in [1.29, 1.82) is 0 Å². The molecule has 1 saturated heterocycles. The van der Waals surface area contributed by atoms with Gasteiger partial charge >= 0.3 is 0 Å². The summed E-state index contributed by atoms with van der Waals surface area (Å²) in [5.41, 5.74) is 5.89. The number of amides is 1. The van der Waals surface area contributed by atoms with Crippen LogP contribution >= 0.6 is 0 Å². The van der Waals surface area contributed by atoms with E-state index in [9.17, 15) is 9.18 Å². The van der Waals surface area contributed by atoms with Crippen molar-refractivity contribution in [2.75, 3.05) is 39.3 Å². The predicted molar refractivity (Wildman–Crippen MR) is 73.7 cm³/mol. The maximum Gasteiger partial charge on any atom is 0.248 e. The van der Waals surface area contributed by atoms with Crippen LogP contribution in [0.25, 0.3) is 0 Å². The molecule has 1 amide bonds. The third kappa shape index (κ3) is 3.75. The molecule has 1 fully saturated rings. The van der Waals surface area contributed by atoms with Gasteiger partial charge in [-0.05, 0) is 12.1 Å². The largest absolute Gasteiger partial charge is 0.395 e. The molecule has 0 radical (unpaired) electrons. The van der Waals surface area contributed by atoms with Crippen LogP contribution in [0.15, 0.2) is 18.2 Å². The van der Waals surface area contributed by atoms with Crippen LogP contribution in [-0.4, -0.2) is 60.1 Å². The zero-order chi connectivity index (χ0) is 14.5. The summed E-state index contributed by atoms with van der Waals surface area (Å²) in [5.74, 6) is -1.01. The summed E-state index contributed by atoms with van der Waals surface area (Å²) in [6.45, 7) is 4.83. The number of aliphatic hydroxyl groups is 1. The van der Waals surface area contributed by atoms with E-state index in [1.54, 1.807) is 12.1 Å². The van der Waals surface area contributed by atoms with Crippen molar-refractivity contribution in [2.24, 2.45) is 5.73 Å². The zero-order valence-corrected chi connectivity index (χ0v) is 11.4. The average Bonchev–Trinajstić information content (AvgIpc) is 2.43. The van der Waals surface area contributed by atoms with Crippen molar-refractivity contribution in [1.82, 2.24) is 9.80 Å². The minimum Gasteiger partial charge on any atom is -0.395 e. The number of rotatable bonds is 5. The van der Waals surface area contributed by atoms with Gasteiger partial charge in [-0.3, -0.25) is 14.6 Å². The summed E-state index contributed by atoms with van der Waals surface area (Å²) in [6, 6.07) is 4.37. The van der Waals surface area contributed by atoms with E-state index in [1.165, 1.54) is 6.07 Å². The molecule has 1 heterocycles. The molecule has 1 aromatic carbocycles. The lowest BCUT2D eigenvalue weighted by molar-refractivity contribution is 0.0999. The summed E-state index contributed by atoms with van der Waals surface area (Å²) in [7, 11) is 0. The van der Waals surface area contributed by atoms with Gasteiger partial charge in [0.15, 0.2) is 0 Å². The standard InChI is InChI=1S/C14H20FN3O2/c15-13-9-11(14(16)20)1-2-12(13)10-18-5-3-17(4-6-18)7-8-19/h1-2,9,19H,3-8,10H2,(H2,16,20). The first-order chi connectivity index (χ1) is 9.60. The molecule has 0 aromatic heterocycles. The van der Waals surface area contributed by atoms with Crippen molar-refractivity contribution >= 4 is 5.91 Å². The lowest BCUT2D eigenvalue weighted by Crippen LogP contribution is -2.46. The van der Waals surface area contributed by atoms with E-state index in [1.807, 2.05) is 0 Å². The first-order valence-corrected chi connectivity index (χ1v) is 6.74. The van der Waals surface area contributed by atoms with E-state index >= 15 is 0 Å². The van der Waals surface area contributed by atoms with Crippen LogP contribution in [0.1, 0.15) is 15.9 Å². The number of piperazine rings is 1. The molecule has 0 unspecified atom stereocenters. The van der Waals surface area contributed by atoms with Gasteiger partial charge in [0.2, 0.25) is 5.91 Å². The number of carbonyl (C=O) groups excluding carboxylic acids is 1. The second kappa shape index (κ2) is 6.78. The Labute approximate surface area is 117 Å². The summed E-state index contributed by atoms with van der Waals surface area (Å²) in [4.78, 5) is 15.3. The molecule has 110 valence electrons. The molecule has 0 saturated carbocycles. The summed E-state index contributed by atoms with van der Waals surface area (Å²) >= 11 is 0. The number of nitrogens with zero attached hydrogens (tertiary/aromatic N) is 2. The Bertz CT molecular complexity index is 473. The van der Waals surface area contributed by atoms with Crippen molar-refractivity contribution < 1.29 is 14.3 Å². The van der Waals surface area contributed by atoms with E-state index in [2.05, 4.69) is 9.80 Å². The molecular weight excluding hydrogens is 261 g/mol. The van der Waals surface area contributed by atoms with E-state index in [-0.39, 0.29) is 18.0 Å². The number of nitrogens with two attached hydrogens (primary N) is 1. The molecule has 1 aliphatic rings. The van der Waals surface area contributed by atoms with Crippen LogP contribution < -0.4 is 5.73 Å². The number of hydrogen-bond acceptors (Lipinski definition) is 4. The zero-order valence-electron chi connectivity index (χ0n) is 11.4. The fourth-order valence-corrected chi connectivity index (χ4v) is 2.38. The SMILES string of the molecule is NC(=O)c1ccc(CN2CCN(CCO)CC2)c(F)c1. The van der Waals surface area contributed by atoms with Crippen molar-refractivity contribution in [3.63, 3.8) is 0 Å². The Hall–Kier alpha value is -1.50. The van der Waals surface area contributed by atoms with Gasteiger partial charge in [0.05, 0.1) is 6.61 Å². The lowest BCUT2D eigenvalue weighted by atomic mass is 10.1. The third-order valence-corrected chi connectivity index (χ3v) is 3.61. The van der Waals surface area contributed by atoms with E-state index in [4.69, 9.17) is 10.8 Å². The minimum absolute atomic E-state index is 0.170. The quantitative estimate of drug-likeness (QED) is 0.799. The van der Waals surface area contributed by atoms with Crippen LogP contribution in [0.5, 0.6) is 0 Å². The van der Waals surface area contributed by atoms with Gasteiger partial charge < -0.3 is 10.8 Å². The van der Waals surface area contributed by atoms with Crippen LogP contribution in [0.2, 0.25) is 0 Å². The summed E-state index contributed by atoms with van der Waals surface area (Å²) in [5, 5.41) is 8.88. The number of halogens is 1. The highest BCUT2D eigenvalue weighted by Crippen LogP contribution is 2.14. The number of carbonyl (C=O) groups is 1. The lowest BCUT2D eigenvalue weighted by Gasteiger charge is -2.34. The van der Waals surface area contributed by atoms with Crippen LogP contribution in [0, 0.1) is 5.82 Å². The van der Waals surface area contributed by atoms with Gasteiger partial charge in [0.1, 0.15) is 5.82 Å². The van der Waals surface area contributed by atoms with E-state index in [0.717, 1.165) is 26.2 Å². The molecule has 5 nitrogen and oxygen atoms in total. The molecule has 20 heavy (non-hydrogen) atoms. The minimum atomic E-state index is -0.618. The Morgan fingerprint density at radius 1 is 1.25 bits per heavy atom. The monoisotopic (exact) mass is 281 g/mol. The number of hydrogen-bond donors (Lipinski definition) is 2. The van der Waals surface area contributed by atoms with Crippen molar-refractivity contribution in [3.05, 3.63) is 35.1 Å². The van der Waals surface area contributed by atoms with Crippen LogP contribution in [0.4, 0.5) is 4.39 Å². The smallest absolute Gasteiger partial charge is 0.248 e. The Kier molecular flexibility index (Phi) is 5.05. The van der Waals surface area contributed by atoms with Crippen LogP contribution in [-0.2, 0) is 6.54 Å². The first kappa shape index (κ1) is 14.9. The first-order valence-electron chi connectivity index (χ1n) is 6.74. The predicted octanol–water partition coefficient (Wildman–Crippen LogP) is 0.0345. The molecule has 1 aromatic rings. The third-order valence-electron chi connectivity index (χ3n) is 3.61. The summed E-state index contributed by atoms with van der Waals surface area (Å²) in [6.07, 6.45) is 0. The number of aliphatic hydroxyl groups excluding tert-OH is 1.